The Bertz CT molecular complexity index is 331. The summed E-state index contributed by atoms with van der Waals surface area (Å²) in [7, 11) is 1.68. The summed E-state index contributed by atoms with van der Waals surface area (Å²) < 4.78 is 5.19. The van der Waals surface area contributed by atoms with E-state index < -0.39 is 0 Å². The number of rotatable bonds is 6. The standard InChI is InChI=1S/C12H17Cl2NO/c1-3-7-15-11(8-16-2)9-5-4-6-10(13)12(9)14/h4-6,11,15H,3,7-8H2,1-2H3. The third-order valence-electron chi connectivity index (χ3n) is 2.33. The molecule has 1 unspecified atom stereocenters. The first-order chi connectivity index (χ1) is 7.70. The van der Waals surface area contributed by atoms with Crippen molar-refractivity contribution >= 4 is 23.2 Å². The van der Waals surface area contributed by atoms with Gasteiger partial charge in [0.1, 0.15) is 0 Å². The molecule has 0 saturated carbocycles. The SMILES string of the molecule is CCCNC(COC)c1cccc(Cl)c1Cl. The molecule has 0 bridgehead atoms. The lowest BCUT2D eigenvalue weighted by atomic mass is 10.1. The van der Waals surface area contributed by atoms with Crippen molar-refractivity contribution in [2.45, 2.75) is 19.4 Å². The van der Waals surface area contributed by atoms with Gasteiger partial charge < -0.3 is 10.1 Å². The van der Waals surface area contributed by atoms with Crippen LogP contribution in [0.3, 0.4) is 0 Å². The third-order valence-corrected chi connectivity index (χ3v) is 3.16. The predicted molar refractivity (Wildman–Crippen MR) is 69.4 cm³/mol. The molecule has 1 aromatic carbocycles. The van der Waals surface area contributed by atoms with Crippen LogP contribution in [-0.2, 0) is 4.74 Å². The Labute approximate surface area is 107 Å². The van der Waals surface area contributed by atoms with Crippen LogP contribution in [0.15, 0.2) is 18.2 Å². The van der Waals surface area contributed by atoms with Gasteiger partial charge in [0.05, 0.1) is 22.7 Å². The van der Waals surface area contributed by atoms with E-state index in [1.165, 1.54) is 0 Å². The molecule has 1 rings (SSSR count). The number of nitrogens with one attached hydrogen (secondary N) is 1. The van der Waals surface area contributed by atoms with Gasteiger partial charge in [-0.3, -0.25) is 0 Å². The second-order valence-electron chi connectivity index (χ2n) is 3.61. The van der Waals surface area contributed by atoms with Crippen LogP contribution in [0.2, 0.25) is 10.0 Å². The normalized spacial score (nSPS) is 12.8. The van der Waals surface area contributed by atoms with E-state index in [0.717, 1.165) is 18.5 Å². The Hall–Kier alpha value is -0.280. The second kappa shape index (κ2) is 7.13. The first-order valence-electron chi connectivity index (χ1n) is 5.37. The topological polar surface area (TPSA) is 21.3 Å². The highest BCUT2D eigenvalue weighted by Crippen LogP contribution is 2.29. The van der Waals surface area contributed by atoms with Crippen LogP contribution in [-0.4, -0.2) is 20.3 Å². The maximum absolute atomic E-state index is 6.18. The van der Waals surface area contributed by atoms with Crippen molar-refractivity contribution in [1.82, 2.24) is 5.32 Å². The Morgan fingerprint density at radius 1 is 1.38 bits per heavy atom. The number of hydrogen-bond acceptors (Lipinski definition) is 2. The zero-order valence-corrected chi connectivity index (χ0v) is 11.1. The quantitative estimate of drug-likeness (QED) is 0.844. The molecule has 0 radical (unpaired) electrons. The fourth-order valence-electron chi connectivity index (χ4n) is 1.53. The van der Waals surface area contributed by atoms with Crippen LogP contribution in [0.25, 0.3) is 0 Å². The summed E-state index contributed by atoms with van der Waals surface area (Å²) in [4.78, 5) is 0. The smallest absolute Gasteiger partial charge is 0.0658 e. The molecule has 0 aliphatic rings. The molecule has 4 heteroatoms. The Morgan fingerprint density at radius 2 is 2.12 bits per heavy atom. The molecule has 0 aliphatic heterocycles. The average Bonchev–Trinajstić information content (AvgIpc) is 2.28. The van der Waals surface area contributed by atoms with E-state index in [1.54, 1.807) is 13.2 Å². The molecule has 0 fully saturated rings. The zero-order chi connectivity index (χ0) is 12.0. The summed E-state index contributed by atoms with van der Waals surface area (Å²) in [5, 5.41) is 4.57. The van der Waals surface area contributed by atoms with Gasteiger partial charge in [-0.15, -0.1) is 0 Å². The minimum absolute atomic E-state index is 0.0937. The average molecular weight is 262 g/mol. The highest BCUT2D eigenvalue weighted by atomic mass is 35.5. The summed E-state index contributed by atoms with van der Waals surface area (Å²) in [5.41, 5.74) is 0.990. The van der Waals surface area contributed by atoms with E-state index in [-0.39, 0.29) is 6.04 Å². The van der Waals surface area contributed by atoms with E-state index >= 15 is 0 Å². The van der Waals surface area contributed by atoms with Gasteiger partial charge in [-0.05, 0) is 24.6 Å². The zero-order valence-electron chi connectivity index (χ0n) is 9.59. The fourth-order valence-corrected chi connectivity index (χ4v) is 1.97. The summed E-state index contributed by atoms with van der Waals surface area (Å²) in [6, 6.07) is 5.76. The van der Waals surface area contributed by atoms with Crippen molar-refractivity contribution in [2.75, 3.05) is 20.3 Å². The highest BCUT2D eigenvalue weighted by molar-refractivity contribution is 6.42. The molecule has 16 heavy (non-hydrogen) atoms. The van der Waals surface area contributed by atoms with Crippen molar-refractivity contribution in [2.24, 2.45) is 0 Å². The Kier molecular flexibility index (Phi) is 6.14. The molecule has 0 amide bonds. The first-order valence-corrected chi connectivity index (χ1v) is 6.12. The lowest BCUT2D eigenvalue weighted by molar-refractivity contribution is 0.167. The molecule has 90 valence electrons. The number of halogens is 2. The number of ether oxygens (including phenoxy) is 1. The van der Waals surface area contributed by atoms with Gasteiger partial charge in [0.25, 0.3) is 0 Å². The minimum Gasteiger partial charge on any atom is -0.383 e. The number of methoxy groups -OCH3 is 1. The van der Waals surface area contributed by atoms with Gasteiger partial charge in [-0.1, -0.05) is 42.3 Å². The molecule has 1 aromatic rings. The first kappa shape index (κ1) is 13.8. The van der Waals surface area contributed by atoms with Crippen molar-refractivity contribution in [1.29, 1.82) is 0 Å². The molecular formula is C12H17Cl2NO. The van der Waals surface area contributed by atoms with E-state index in [9.17, 15) is 0 Å². The van der Waals surface area contributed by atoms with Crippen LogP contribution < -0.4 is 5.32 Å². The monoisotopic (exact) mass is 261 g/mol. The van der Waals surface area contributed by atoms with E-state index in [0.29, 0.717) is 16.7 Å². The van der Waals surface area contributed by atoms with Crippen LogP contribution in [0.1, 0.15) is 24.9 Å². The van der Waals surface area contributed by atoms with Crippen LogP contribution in [0, 0.1) is 0 Å². The van der Waals surface area contributed by atoms with Gasteiger partial charge in [-0.25, -0.2) is 0 Å². The van der Waals surface area contributed by atoms with E-state index in [1.807, 2.05) is 12.1 Å². The summed E-state index contributed by atoms with van der Waals surface area (Å²) in [6.45, 7) is 3.63. The Balaban J connectivity index is 2.86. The largest absolute Gasteiger partial charge is 0.383 e. The van der Waals surface area contributed by atoms with E-state index in [4.69, 9.17) is 27.9 Å². The van der Waals surface area contributed by atoms with Crippen molar-refractivity contribution in [3.8, 4) is 0 Å². The fraction of sp³-hybridized carbons (Fsp3) is 0.500. The summed E-state index contributed by atoms with van der Waals surface area (Å²) >= 11 is 12.2. The maximum atomic E-state index is 6.18. The van der Waals surface area contributed by atoms with Gasteiger partial charge in [-0.2, -0.15) is 0 Å². The molecule has 0 heterocycles. The maximum Gasteiger partial charge on any atom is 0.0658 e. The van der Waals surface area contributed by atoms with Gasteiger partial charge >= 0.3 is 0 Å². The minimum atomic E-state index is 0.0937. The van der Waals surface area contributed by atoms with Crippen molar-refractivity contribution < 1.29 is 4.74 Å². The lowest BCUT2D eigenvalue weighted by Crippen LogP contribution is -2.26. The molecular weight excluding hydrogens is 245 g/mol. The molecule has 0 aromatic heterocycles. The summed E-state index contributed by atoms with van der Waals surface area (Å²) in [6.07, 6.45) is 1.07. The molecule has 1 atom stereocenters. The molecule has 1 N–H and O–H groups in total. The summed E-state index contributed by atoms with van der Waals surface area (Å²) in [5.74, 6) is 0. The molecule has 0 spiro atoms. The van der Waals surface area contributed by atoms with Crippen LogP contribution >= 0.6 is 23.2 Å². The van der Waals surface area contributed by atoms with E-state index in [2.05, 4.69) is 12.2 Å². The molecule has 0 aliphatic carbocycles. The van der Waals surface area contributed by atoms with Crippen molar-refractivity contribution in [3.05, 3.63) is 33.8 Å². The van der Waals surface area contributed by atoms with Gasteiger partial charge in [0, 0.05) is 7.11 Å². The second-order valence-corrected chi connectivity index (χ2v) is 4.39. The third kappa shape index (κ3) is 3.63. The van der Waals surface area contributed by atoms with Crippen molar-refractivity contribution in [3.63, 3.8) is 0 Å². The highest BCUT2D eigenvalue weighted by Gasteiger charge is 2.15. The number of hydrogen-bond donors (Lipinski definition) is 1. The van der Waals surface area contributed by atoms with Crippen LogP contribution in [0.4, 0.5) is 0 Å². The van der Waals surface area contributed by atoms with Crippen LogP contribution in [0.5, 0.6) is 0 Å². The molecule has 2 nitrogen and oxygen atoms in total. The van der Waals surface area contributed by atoms with Gasteiger partial charge in [0.2, 0.25) is 0 Å². The number of benzene rings is 1. The predicted octanol–water partition coefficient (Wildman–Crippen LogP) is 3.68. The lowest BCUT2D eigenvalue weighted by Gasteiger charge is -2.19. The van der Waals surface area contributed by atoms with Gasteiger partial charge in [0.15, 0.2) is 0 Å². The Morgan fingerprint density at radius 3 is 2.75 bits per heavy atom. The molecule has 0 saturated heterocycles.